The van der Waals surface area contributed by atoms with Crippen LogP contribution in [0.2, 0.25) is 5.02 Å². The van der Waals surface area contributed by atoms with Gasteiger partial charge < -0.3 is 0 Å². The van der Waals surface area contributed by atoms with Crippen molar-refractivity contribution in [3.8, 4) is 0 Å². The second-order valence-corrected chi connectivity index (χ2v) is 3.48. The summed E-state index contributed by atoms with van der Waals surface area (Å²) in [6, 6.07) is 5.90. The highest BCUT2D eigenvalue weighted by Gasteiger charge is 1.96. The van der Waals surface area contributed by atoms with Crippen molar-refractivity contribution in [2.45, 2.75) is 6.42 Å². The van der Waals surface area contributed by atoms with Gasteiger partial charge in [0, 0.05) is 24.8 Å². The van der Waals surface area contributed by atoms with Gasteiger partial charge in [-0.05, 0) is 35.7 Å². The molecule has 0 spiro atoms. The largest absolute Gasteiger partial charge is 0.265 e. The molecular formula is C11H9ClN2. The third kappa shape index (κ3) is 2.30. The van der Waals surface area contributed by atoms with Crippen LogP contribution in [0.25, 0.3) is 0 Å². The number of aromatic nitrogens is 2. The Morgan fingerprint density at radius 3 is 2.50 bits per heavy atom. The van der Waals surface area contributed by atoms with E-state index >= 15 is 0 Å². The molecule has 2 rings (SSSR count). The van der Waals surface area contributed by atoms with Crippen LogP contribution >= 0.6 is 11.6 Å². The molecule has 0 aliphatic carbocycles. The quantitative estimate of drug-likeness (QED) is 0.752. The third-order valence-electron chi connectivity index (χ3n) is 1.92. The molecule has 3 heteroatoms. The van der Waals surface area contributed by atoms with Crippen LogP contribution in [0, 0.1) is 0 Å². The van der Waals surface area contributed by atoms with Gasteiger partial charge in [0.25, 0.3) is 0 Å². The first-order valence-electron chi connectivity index (χ1n) is 4.33. The lowest BCUT2D eigenvalue weighted by Gasteiger charge is -2.00. The molecule has 0 bridgehead atoms. The van der Waals surface area contributed by atoms with Gasteiger partial charge in [-0.25, -0.2) is 0 Å². The summed E-state index contributed by atoms with van der Waals surface area (Å²) in [5, 5.41) is 0.677. The first kappa shape index (κ1) is 9.16. The number of halogens is 1. The molecule has 0 atom stereocenters. The molecule has 2 aromatic rings. The Hall–Kier alpha value is -1.41. The fraction of sp³-hybridized carbons (Fsp3) is 0.0909. The minimum Gasteiger partial charge on any atom is -0.265 e. The van der Waals surface area contributed by atoms with Crippen molar-refractivity contribution < 1.29 is 0 Å². The lowest BCUT2D eigenvalue weighted by atomic mass is 10.1. The predicted octanol–water partition coefficient (Wildman–Crippen LogP) is 2.72. The molecule has 0 radical (unpaired) electrons. The zero-order valence-corrected chi connectivity index (χ0v) is 8.28. The van der Waals surface area contributed by atoms with Crippen molar-refractivity contribution in [2.75, 3.05) is 0 Å². The average molecular weight is 205 g/mol. The van der Waals surface area contributed by atoms with Gasteiger partial charge in [0.2, 0.25) is 0 Å². The molecule has 0 N–H and O–H groups in total. The summed E-state index contributed by atoms with van der Waals surface area (Å²) in [6.45, 7) is 0. The maximum absolute atomic E-state index is 5.84. The van der Waals surface area contributed by atoms with Gasteiger partial charge >= 0.3 is 0 Å². The Labute approximate surface area is 87.6 Å². The monoisotopic (exact) mass is 204 g/mol. The smallest absolute Gasteiger partial charge is 0.0592 e. The van der Waals surface area contributed by atoms with E-state index < -0.39 is 0 Å². The third-order valence-corrected chi connectivity index (χ3v) is 2.13. The average Bonchev–Trinajstić information content (AvgIpc) is 2.19. The van der Waals surface area contributed by atoms with Crippen molar-refractivity contribution in [1.29, 1.82) is 0 Å². The SMILES string of the molecule is Clc1cncc(Cc2ccncc2)c1. The minimum absolute atomic E-state index is 0.677. The van der Waals surface area contributed by atoms with Gasteiger partial charge in [-0.1, -0.05) is 11.6 Å². The van der Waals surface area contributed by atoms with E-state index in [9.17, 15) is 0 Å². The predicted molar refractivity (Wildman–Crippen MR) is 56.3 cm³/mol. The molecule has 0 fully saturated rings. The van der Waals surface area contributed by atoms with E-state index in [0.717, 1.165) is 12.0 Å². The lowest BCUT2D eigenvalue weighted by molar-refractivity contribution is 1.13. The lowest BCUT2D eigenvalue weighted by Crippen LogP contribution is -1.89. The van der Waals surface area contributed by atoms with Crippen molar-refractivity contribution in [3.63, 3.8) is 0 Å². The molecule has 0 aliphatic rings. The Balaban J connectivity index is 2.19. The van der Waals surface area contributed by atoms with Crippen LogP contribution in [0.3, 0.4) is 0 Å². The van der Waals surface area contributed by atoms with Gasteiger partial charge in [0.05, 0.1) is 5.02 Å². The van der Waals surface area contributed by atoms with Crippen LogP contribution in [0.5, 0.6) is 0 Å². The van der Waals surface area contributed by atoms with E-state index in [4.69, 9.17) is 11.6 Å². The second-order valence-electron chi connectivity index (χ2n) is 3.04. The molecule has 0 aliphatic heterocycles. The molecule has 0 saturated carbocycles. The summed E-state index contributed by atoms with van der Waals surface area (Å²) in [6.07, 6.45) is 7.88. The Morgan fingerprint density at radius 2 is 1.79 bits per heavy atom. The molecule has 0 aromatic carbocycles. The summed E-state index contributed by atoms with van der Waals surface area (Å²) in [7, 11) is 0. The standard InChI is InChI=1S/C11H9ClN2/c12-11-6-10(7-14-8-11)5-9-1-3-13-4-2-9/h1-4,6-8H,5H2. The fourth-order valence-corrected chi connectivity index (χ4v) is 1.49. The first-order valence-corrected chi connectivity index (χ1v) is 4.71. The molecule has 0 saturated heterocycles. The fourth-order valence-electron chi connectivity index (χ4n) is 1.29. The second kappa shape index (κ2) is 4.20. The summed E-state index contributed by atoms with van der Waals surface area (Å²) in [5.41, 5.74) is 2.33. The van der Waals surface area contributed by atoms with Crippen LogP contribution in [0.15, 0.2) is 43.0 Å². The zero-order chi connectivity index (χ0) is 9.80. The maximum atomic E-state index is 5.84. The van der Waals surface area contributed by atoms with Crippen LogP contribution in [-0.2, 0) is 6.42 Å². The van der Waals surface area contributed by atoms with Crippen molar-refractivity contribution in [3.05, 3.63) is 59.1 Å². The molecule has 0 amide bonds. The normalized spacial score (nSPS) is 10.1. The summed E-state index contributed by atoms with van der Waals surface area (Å²) < 4.78 is 0. The summed E-state index contributed by atoms with van der Waals surface area (Å²) in [5.74, 6) is 0. The van der Waals surface area contributed by atoms with E-state index in [1.54, 1.807) is 18.6 Å². The molecule has 2 nitrogen and oxygen atoms in total. The van der Waals surface area contributed by atoms with E-state index in [2.05, 4.69) is 9.97 Å². The Bertz CT molecular complexity index is 415. The molecular weight excluding hydrogens is 196 g/mol. The Kier molecular flexibility index (Phi) is 2.75. The van der Waals surface area contributed by atoms with Crippen molar-refractivity contribution >= 4 is 11.6 Å². The topological polar surface area (TPSA) is 25.8 Å². The molecule has 0 unspecified atom stereocenters. The number of hydrogen-bond donors (Lipinski definition) is 0. The number of rotatable bonds is 2. The highest BCUT2D eigenvalue weighted by atomic mass is 35.5. The first-order chi connectivity index (χ1) is 6.84. The number of hydrogen-bond acceptors (Lipinski definition) is 2. The van der Waals surface area contributed by atoms with E-state index in [1.807, 2.05) is 24.4 Å². The van der Waals surface area contributed by atoms with Gasteiger partial charge in [-0.2, -0.15) is 0 Å². The van der Waals surface area contributed by atoms with Gasteiger partial charge in [0.1, 0.15) is 0 Å². The van der Waals surface area contributed by atoms with E-state index in [0.29, 0.717) is 5.02 Å². The number of nitrogens with zero attached hydrogens (tertiary/aromatic N) is 2. The summed E-state index contributed by atoms with van der Waals surface area (Å²) >= 11 is 5.84. The Morgan fingerprint density at radius 1 is 1.00 bits per heavy atom. The van der Waals surface area contributed by atoms with E-state index in [-0.39, 0.29) is 0 Å². The van der Waals surface area contributed by atoms with Gasteiger partial charge in [-0.15, -0.1) is 0 Å². The van der Waals surface area contributed by atoms with E-state index in [1.165, 1.54) is 5.56 Å². The maximum Gasteiger partial charge on any atom is 0.0592 e. The van der Waals surface area contributed by atoms with Crippen molar-refractivity contribution in [1.82, 2.24) is 9.97 Å². The van der Waals surface area contributed by atoms with Crippen molar-refractivity contribution in [2.24, 2.45) is 0 Å². The molecule has 2 aromatic heterocycles. The summed E-state index contributed by atoms with van der Waals surface area (Å²) in [4.78, 5) is 8.00. The number of pyridine rings is 2. The van der Waals surface area contributed by atoms with Gasteiger partial charge in [-0.3, -0.25) is 9.97 Å². The minimum atomic E-state index is 0.677. The molecule has 14 heavy (non-hydrogen) atoms. The molecule has 70 valence electrons. The highest BCUT2D eigenvalue weighted by molar-refractivity contribution is 6.30. The van der Waals surface area contributed by atoms with Crippen LogP contribution < -0.4 is 0 Å². The highest BCUT2D eigenvalue weighted by Crippen LogP contribution is 2.12. The van der Waals surface area contributed by atoms with Crippen LogP contribution in [0.1, 0.15) is 11.1 Å². The van der Waals surface area contributed by atoms with Gasteiger partial charge in [0.15, 0.2) is 0 Å². The van der Waals surface area contributed by atoms with Crippen LogP contribution in [0.4, 0.5) is 0 Å². The van der Waals surface area contributed by atoms with Crippen LogP contribution in [-0.4, -0.2) is 9.97 Å². The zero-order valence-electron chi connectivity index (χ0n) is 7.52. The molecule has 2 heterocycles.